The molecule has 0 aromatic carbocycles. The molecule has 38 heavy (non-hydrogen) atoms. The number of hydrogen-bond acceptors (Lipinski definition) is 8. The summed E-state index contributed by atoms with van der Waals surface area (Å²) in [6.45, 7) is 4.54. The second-order valence-electron chi connectivity index (χ2n) is 10.2. The van der Waals surface area contributed by atoms with E-state index in [1.807, 2.05) is 23.1 Å². The Bertz CT molecular complexity index is 1070. The van der Waals surface area contributed by atoms with Gasteiger partial charge in [-0.2, -0.15) is 4.98 Å². The zero-order chi connectivity index (χ0) is 26.8. The van der Waals surface area contributed by atoms with E-state index in [9.17, 15) is 14.4 Å². The molecule has 2 fully saturated rings. The Hall–Kier alpha value is -3.34. The minimum absolute atomic E-state index is 0.0618. The number of amides is 3. The van der Waals surface area contributed by atoms with Crippen LogP contribution in [0.5, 0.6) is 0 Å². The fraction of sp³-hybridized carbons (Fsp3) is 0.630. The van der Waals surface area contributed by atoms with Gasteiger partial charge in [-0.25, -0.2) is 0 Å². The Balaban J connectivity index is 1.28. The van der Waals surface area contributed by atoms with Gasteiger partial charge in [-0.3, -0.25) is 19.4 Å². The van der Waals surface area contributed by atoms with Gasteiger partial charge in [-0.1, -0.05) is 17.6 Å². The van der Waals surface area contributed by atoms with Crippen molar-refractivity contribution in [2.24, 2.45) is 5.41 Å². The van der Waals surface area contributed by atoms with Crippen LogP contribution in [0.2, 0.25) is 0 Å². The zero-order valence-corrected chi connectivity index (χ0v) is 22.1. The number of hydrogen-bond donors (Lipinski definition) is 2. The van der Waals surface area contributed by atoms with Crippen molar-refractivity contribution in [1.29, 1.82) is 0 Å². The molecule has 2 aliphatic rings. The third kappa shape index (κ3) is 7.37. The van der Waals surface area contributed by atoms with E-state index in [1.165, 1.54) is 0 Å². The molecular weight excluding hydrogens is 488 g/mol. The summed E-state index contributed by atoms with van der Waals surface area (Å²) in [5.74, 6) is 0.700. The first-order chi connectivity index (χ1) is 18.5. The molecule has 11 nitrogen and oxygen atoms in total. The molecule has 11 heteroatoms. The van der Waals surface area contributed by atoms with Gasteiger partial charge in [0.1, 0.15) is 11.7 Å². The molecule has 0 saturated carbocycles. The summed E-state index contributed by atoms with van der Waals surface area (Å²) < 4.78 is 11.0. The number of carbonyl (C=O) groups excluding carboxylic acids is 3. The Labute approximate surface area is 223 Å². The van der Waals surface area contributed by atoms with E-state index in [2.05, 4.69) is 25.8 Å². The average Bonchev–Trinajstić information content (AvgIpc) is 3.41. The number of carbonyl (C=O) groups is 3. The van der Waals surface area contributed by atoms with Gasteiger partial charge < -0.3 is 24.8 Å². The zero-order valence-electron chi connectivity index (χ0n) is 22.1. The van der Waals surface area contributed by atoms with Crippen molar-refractivity contribution in [3.8, 4) is 11.5 Å². The average molecular weight is 527 g/mol. The van der Waals surface area contributed by atoms with E-state index in [4.69, 9.17) is 9.26 Å². The molecule has 0 unspecified atom stereocenters. The number of piperidine rings is 1. The number of rotatable bonds is 5. The first-order valence-corrected chi connectivity index (χ1v) is 13.6. The lowest BCUT2D eigenvalue weighted by molar-refractivity contribution is -0.142. The summed E-state index contributed by atoms with van der Waals surface area (Å²) in [7, 11) is 0. The van der Waals surface area contributed by atoms with Crippen LogP contribution in [0.3, 0.4) is 0 Å². The van der Waals surface area contributed by atoms with E-state index in [0.717, 1.165) is 19.3 Å². The fourth-order valence-corrected chi connectivity index (χ4v) is 5.00. The van der Waals surface area contributed by atoms with Crippen LogP contribution in [0.4, 0.5) is 0 Å². The number of aromatic nitrogens is 3. The highest BCUT2D eigenvalue weighted by Gasteiger charge is 2.42. The van der Waals surface area contributed by atoms with Crippen LogP contribution in [-0.4, -0.2) is 76.6 Å². The van der Waals surface area contributed by atoms with Crippen LogP contribution < -0.4 is 10.6 Å². The number of pyridine rings is 1. The molecule has 1 atom stereocenters. The normalized spacial score (nSPS) is 21.4. The number of likely N-dealkylation sites (tertiary alicyclic amines) is 1. The molecule has 0 bridgehead atoms. The van der Waals surface area contributed by atoms with E-state index in [-0.39, 0.29) is 17.7 Å². The van der Waals surface area contributed by atoms with Gasteiger partial charge in [-0.05, 0) is 57.6 Å². The predicted molar refractivity (Wildman–Crippen MR) is 139 cm³/mol. The summed E-state index contributed by atoms with van der Waals surface area (Å²) in [6.07, 6.45) is 7.53. The van der Waals surface area contributed by atoms with Gasteiger partial charge in [-0.15, -0.1) is 0 Å². The highest BCUT2D eigenvalue weighted by atomic mass is 16.5. The summed E-state index contributed by atoms with van der Waals surface area (Å²) in [5.41, 5.74) is 0.0614. The molecule has 2 aromatic heterocycles. The largest absolute Gasteiger partial charge is 0.381 e. The van der Waals surface area contributed by atoms with Crippen molar-refractivity contribution in [3.63, 3.8) is 0 Å². The number of nitrogens with one attached hydrogen (secondary N) is 2. The molecular formula is C27H38N6O5. The molecule has 0 aliphatic carbocycles. The van der Waals surface area contributed by atoms with Crippen molar-refractivity contribution in [2.75, 3.05) is 32.8 Å². The van der Waals surface area contributed by atoms with E-state index >= 15 is 0 Å². The maximum Gasteiger partial charge on any atom is 0.242 e. The molecule has 206 valence electrons. The lowest BCUT2D eigenvalue weighted by Gasteiger charge is -2.41. The van der Waals surface area contributed by atoms with Gasteiger partial charge >= 0.3 is 0 Å². The Morgan fingerprint density at radius 2 is 1.95 bits per heavy atom. The van der Waals surface area contributed by atoms with Crippen LogP contribution in [-0.2, 0) is 25.5 Å². The second-order valence-corrected chi connectivity index (χ2v) is 10.2. The standard InChI is InChI=1S/C27H38N6O5/c1-20-25(35)29-15-7-19-37-18-5-3-11-27(26(36)30-20)12-16-33(17-13-27)23(34)10-6-9-22-31-24(32-38-22)21-8-2-4-14-28-21/h2,4,8,14,20H,3,5-7,9-13,15-19H2,1H3,(H,29,35)(H,30,36)/t20-/m0/s1. The maximum atomic E-state index is 13.4. The van der Waals surface area contributed by atoms with Crippen molar-refractivity contribution >= 4 is 17.7 Å². The Kier molecular flexibility index (Phi) is 9.80. The molecule has 4 heterocycles. The molecule has 3 amide bonds. The second kappa shape index (κ2) is 13.5. The highest BCUT2D eigenvalue weighted by Crippen LogP contribution is 2.37. The lowest BCUT2D eigenvalue weighted by Crippen LogP contribution is -2.54. The van der Waals surface area contributed by atoms with Crippen molar-refractivity contribution in [3.05, 3.63) is 30.3 Å². The van der Waals surface area contributed by atoms with Gasteiger partial charge in [0, 0.05) is 51.9 Å². The number of ether oxygens (including phenoxy) is 1. The van der Waals surface area contributed by atoms with Gasteiger partial charge in [0.2, 0.25) is 29.4 Å². The lowest BCUT2D eigenvalue weighted by atomic mass is 9.73. The van der Waals surface area contributed by atoms with Crippen molar-refractivity contribution < 1.29 is 23.6 Å². The van der Waals surface area contributed by atoms with E-state index in [1.54, 1.807) is 13.1 Å². The van der Waals surface area contributed by atoms with Crippen LogP contribution in [0.1, 0.15) is 64.2 Å². The third-order valence-corrected chi connectivity index (χ3v) is 7.40. The Morgan fingerprint density at radius 3 is 2.74 bits per heavy atom. The minimum Gasteiger partial charge on any atom is -0.381 e. The molecule has 0 radical (unpaired) electrons. The van der Waals surface area contributed by atoms with Gasteiger partial charge in [0.25, 0.3) is 0 Å². The summed E-state index contributed by atoms with van der Waals surface area (Å²) in [5, 5.41) is 9.77. The van der Waals surface area contributed by atoms with Crippen LogP contribution in [0.25, 0.3) is 11.5 Å². The molecule has 2 aromatic rings. The van der Waals surface area contributed by atoms with E-state index in [0.29, 0.717) is 88.8 Å². The predicted octanol–water partition coefficient (Wildman–Crippen LogP) is 2.27. The smallest absolute Gasteiger partial charge is 0.242 e. The van der Waals surface area contributed by atoms with Gasteiger partial charge in [0.05, 0.1) is 5.41 Å². The summed E-state index contributed by atoms with van der Waals surface area (Å²) in [4.78, 5) is 49.1. The van der Waals surface area contributed by atoms with Crippen LogP contribution in [0, 0.1) is 5.41 Å². The minimum atomic E-state index is -0.606. The first kappa shape index (κ1) is 27.7. The van der Waals surface area contributed by atoms with Crippen LogP contribution in [0.15, 0.2) is 28.9 Å². The SMILES string of the molecule is C[C@@H]1NC(=O)C2(CCCCOCCCNC1=O)CCN(C(=O)CCCc1nc(-c3ccccn3)no1)CC2. The summed E-state index contributed by atoms with van der Waals surface area (Å²) >= 11 is 0. The number of aryl methyl sites for hydroxylation is 1. The van der Waals surface area contributed by atoms with Crippen molar-refractivity contribution in [2.45, 2.75) is 70.8 Å². The fourth-order valence-electron chi connectivity index (χ4n) is 5.00. The molecule has 2 saturated heterocycles. The van der Waals surface area contributed by atoms with Crippen molar-refractivity contribution in [1.82, 2.24) is 30.7 Å². The van der Waals surface area contributed by atoms with E-state index < -0.39 is 11.5 Å². The highest BCUT2D eigenvalue weighted by molar-refractivity contribution is 5.90. The molecule has 2 N–H and O–H groups in total. The monoisotopic (exact) mass is 526 g/mol. The number of nitrogens with zero attached hydrogens (tertiary/aromatic N) is 4. The topological polar surface area (TPSA) is 140 Å². The first-order valence-electron chi connectivity index (χ1n) is 13.6. The van der Waals surface area contributed by atoms with Gasteiger partial charge in [0.15, 0.2) is 0 Å². The Morgan fingerprint density at radius 1 is 1.13 bits per heavy atom. The maximum absolute atomic E-state index is 13.4. The summed E-state index contributed by atoms with van der Waals surface area (Å²) in [6, 6.07) is 4.89. The van der Waals surface area contributed by atoms with Crippen LogP contribution >= 0.6 is 0 Å². The molecule has 1 spiro atoms. The molecule has 2 aliphatic heterocycles. The molecule has 4 rings (SSSR count). The third-order valence-electron chi connectivity index (χ3n) is 7.40. The quantitative estimate of drug-likeness (QED) is 0.605.